The summed E-state index contributed by atoms with van der Waals surface area (Å²) in [5.74, 6) is 3.03. The van der Waals surface area contributed by atoms with Crippen molar-refractivity contribution in [3.63, 3.8) is 0 Å². The van der Waals surface area contributed by atoms with Crippen molar-refractivity contribution in [1.82, 2.24) is 4.90 Å². The van der Waals surface area contributed by atoms with E-state index in [-0.39, 0.29) is 22.9 Å². The predicted octanol–water partition coefficient (Wildman–Crippen LogP) is 9.06. The minimum atomic E-state index is -2.99. The minimum Gasteiger partial charge on any atom is -0.531 e. The van der Waals surface area contributed by atoms with Gasteiger partial charge in [0.25, 0.3) is 0 Å². The van der Waals surface area contributed by atoms with E-state index in [1.54, 1.807) is 14.2 Å². The number of amides is 1. The van der Waals surface area contributed by atoms with Gasteiger partial charge in [-0.2, -0.15) is 0 Å². The third-order valence-corrected chi connectivity index (χ3v) is 16.5. The van der Waals surface area contributed by atoms with E-state index in [1.165, 1.54) is 15.9 Å². The van der Waals surface area contributed by atoms with Crippen LogP contribution in [0.2, 0.25) is 5.04 Å². The molecule has 0 spiro atoms. The molecule has 0 aromatic heterocycles. The summed E-state index contributed by atoms with van der Waals surface area (Å²) in [4.78, 5) is 16.2. The first kappa shape index (κ1) is 36.8. The topological polar surface area (TPSA) is 57.2 Å². The molecule has 0 radical (unpaired) electrons. The van der Waals surface area contributed by atoms with Crippen molar-refractivity contribution in [2.24, 2.45) is 5.92 Å². The van der Waals surface area contributed by atoms with Crippen LogP contribution in [0.5, 0.6) is 23.0 Å². The maximum absolute atomic E-state index is 14.0. The molecule has 1 fully saturated rings. The summed E-state index contributed by atoms with van der Waals surface area (Å²) in [6, 6.07) is 39.6. The Labute approximate surface area is 323 Å². The van der Waals surface area contributed by atoms with Crippen LogP contribution >= 0.6 is 15.9 Å². The molecule has 274 valence electrons. The normalized spacial score (nSPS) is 15.7. The number of carbonyl (C=O) groups excluding carboxylic acids is 1. The van der Waals surface area contributed by atoms with Crippen molar-refractivity contribution in [3.05, 3.63) is 142 Å². The van der Waals surface area contributed by atoms with Gasteiger partial charge in [-0.3, -0.25) is 4.79 Å². The molecule has 1 saturated carbocycles. The van der Waals surface area contributed by atoms with Gasteiger partial charge in [0, 0.05) is 12.5 Å². The lowest BCUT2D eigenvalue weighted by Crippen LogP contribution is -2.68. The van der Waals surface area contributed by atoms with E-state index >= 15 is 0 Å². The number of ether oxygens (including phenoxy) is 3. The molecule has 1 aliphatic carbocycles. The van der Waals surface area contributed by atoms with E-state index in [0.717, 1.165) is 40.4 Å². The molecular formula is C45H48BrNO5Si. The summed E-state index contributed by atoms with van der Waals surface area (Å²) >= 11 is 3.91. The van der Waals surface area contributed by atoms with Crippen LogP contribution in [-0.4, -0.2) is 39.9 Å². The second kappa shape index (κ2) is 15.4. The first-order chi connectivity index (χ1) is 25.6. The van der Waals surface area contributed by atoms with Crippen molar-refractivity contribution < 1.29 is 23.4 Å². The van der Waals surface area contributed by atoms with Gasteiger partial charge in [-0.05, 0) is 97.5 Å². The number of hydrogen-bond acceptors (Lipinski definition) is 5. The Balaban J connectivity index is 1.34. The van der Waals surface area contributed by atoms with E-state index < -0.39 is 8.32 Å². The molecule has 7 rings (SSSR count). The maximum Gasteiger partial charge on any atom is 0.320 e. The molecule has 0 N–H and O–H groups in total. The van der Waals surface area contributed by atoms with Gasteiger partial charge in [0.15, 0.2) is 17.2 Å². The van der Waals surface area contributed by atoms with E-state index in [1.807, 2.05) is 36.4 Å². The third kappa shape index (κ3) is 7.36. The lowest BCUT2D eigenvalue weighted by Gasteiger charge is -2.44. The lowest BCUT2D eigenvalue weighted by molar-refractivity contribution is -0.135. The number of hydrogen-bond donors (Lipinski definition) is 0. The molecule has 6 nitrogen and oxygen atoms in total. The Morgan fingerprint density at radius 2 is 1.40 bits per heavy atom. The first-order valence-electron chi connectivity index (χ1n) is 18.5. The van der Waals surface area contributed by atoms with Crippen molar-refractivity contribution in [3.8, 4) is 23.0 Å². The molecule has 5 aromatic carbocycles. The highest BCUT2D eigenvalue weighted by Crippen LogP contribution is 2.47. The van der Waals surface area contributed by atoms with Crippen molar-refractivity contribution >= 4 is 40.5 Å². The number of rotatable bonds is 12. The summed E-state index contributed by atoms with van der Waals surface area (Å²) in [5.41, 5.74) is 4.36. The fraction of sp³-hybridized carbons (Fsp3) is 0.311. The molecule has 0 saturated heterocycles. The second-order valence-electron chi connectivity index (χ2n) is 15.1. The first-order valence-corrected chi connectivity index (χ1v) is 21.2. The number of carbonyl (C=O) groups is 1. The van der Waals surface area contributed by atoms with Crippen LogP contribution in [0.3, 0.4) is 0 Å². The van der Waals surface area contributed by atoms with E-state index in [2.05, 4.69) is 120 Å². The Morgan fingerprint density at radius 1 is 0.792 bits per heavy atom. The summed E-state index contributed by atoms with van der Waals surface area (Å²) in [6.45, 7) is 7.89. The average Bonchev–Trinajstić information content (AvgIpc) is 4.03. The number of halogens is 1. The number of methoxy groups -OCH3 is 2. The van der Waals surface area contributed by atoms with Gasteiger partial charge in [0.1, 0.15) is 12.4 Å². The Morgan fingerprint density at radius 3 is 1.96 bits per heavy atom. The van der Waals surface area contributed by atoms with Crippen LogP contribution < -0.4 is 29.0 Å². The smallest absolute Gasteiger partial charge is 0.320 e. The van der Waals surface area contributed by atoms with Crippen LogP contribution in [0.15, 0.2) is 120 Å². The van der Waals surface area contributed by atoms with Crippen molar-refractivity contribution in [2.45, 2.75) is 64.1 Å². The second-order valence-corrected chi connectivity index (χ2v) is 20.1. The average molecular weight is 791 g/mol. The quantitative estimate of drug-likeness (QED) is 0.118. The Kier molecular flexibility index (Phi) is 10.7. The molecule has 0 bridgehead atoms. The van der Waals surface area contributed by atoms with Crippen LogP contribution in [0.25, 0.3) is 0 Å². The number of nitrogens with zero attached hydrogens (tertiary/aromatic N) is 1. The van der Waals surface area contributed by atoms with Crippen LogP contribution in [0.4, 0.5) is 0 Å². The fourth-order valence-corrected chi connectivity index (χ4v) is 12.8. The Hall–Kier alpha value is -4.53. The summed E-state index contributed by atoms with van der Waals surface area (Å²) in [7, 11) is 0.386. The summed E-state index contributed by atoms with van der Waals surface area (Å²) in [6.07, 6.45) is 3.23. The molecule has 53 heavy (non-hydrogen) atoms. The molecule has 1 amide bonds. The van der Waals surface area contributed by atoms with Crippen molar-refractivity contribution in [1.29, 1.82) is 0 Å². The summed E-state index contributed by atoms with van der Waals surface area (Å²) < 4.78 is 26.7. The van der Waals surface area contributed by atoms with Gasteiger partial charge in [-0.1, -0.05) is 118 Å². The van der Waals surface area contributed by atoms with Gasteiger partial charge in [-0.25, -0.2) is 0 Å². The molecular weight excluding hydrogens is 742 g/mol. The monoisotopic (exact) mass is 789 g/mol. The molecule has 5 aromatic rings. The van der Waals surface area contributed by atoms with Gasteiger partial charge < -0.3 is 23.5 Å². The van der Waals surface area contributed by atoms with Gasteiger partial charge in [-0.15, -0.1) is 0 Å². The molecule has 8 heteroatoms. The molecule has 0 unspecified atom stereocenters. The number of benzene rings is 5. The SMILES string of the molecule is COc1cc2c(cc1O[Si](c1ccccc1)(c1ccccc1)C(C)(C)C)[C@@H](Cc1ccc(OC)c(OCc3ccccc3)c1Br)N(C(=O)C1CC1)CC2. The Bertz CT molecular complexity index is 2010. The van der Waals surface area contributed by atoms with Crippen molar-refractivity contribution in [2.75, 3.05) is 20.8 Å². The highest BCUT2D eigenvalue weighted by Gasteiger charge is 2.52. The minimum absolute atomic E-state index is 0.0919. The zero-order valence-corrected chi connectivity index (χ0v) is 33.8. The van der Waals surface area contributed by atoms with Crippen LogP contribution in [0, 0.1) is 5.92 Å². The van der Waals surface area contributed by atoms with Crippen LogP contribution in [0.1, 0.15) is 61.9 Å². The fourth-order valence-electron chi connectivity index (χ4n) is 7.78. The molecule has 2 aliphatic rings. The maximum atomic E-state index is 14.0. The van der Waals surface area contributed by atoms with Gasteiger partial charge in [0.05, 0.1) is 24.7 Å². The van der Waals surface area contributed by atoms with Gasteiger partial charge >= 0.3 is 8.32 Å². The third-order valence-electron chi connectivity index (χ3n) is 10.7. The highest BCUT2D eigenvalue weighted by atomic mass is 79.9. The number of fused-ring (bicyclic) bond motifs is 1. The highest BCUT2D eigenvalue weighted by molar-refractivity contribution is 9.10. The molecule has 1 atom stereocenters. The van der Waals surface area contributed by atoms with Crippen LogP contribution in [-0.2, 0) is 24.2 Å². The standard InChI is InChI=1S/C45H48BrNO5Si/c1-45(2,3)53(35-17-11-7-12-18-35,36-19-13-8-14-20-36)52-41-29-37-33(28-40(41)50-5)25-26-47(44(48)32-21-22-32)38(37)27-34-23-24-39(49-4)43(42(34)46)51-30-31-15-9-6-10-16-31/h6-20,23-24,28-29,32,38H,21-22,25-27,30H2,1-5H3/t38-/m1/s1. The summed E-state index contributed by atoms with van der Waals surface area (Å²) in [5, 5.41) is 2.13. The largest absolute Gasteiger partial charge is 0.531 e. The van der Waals surface area contributed by atoms with E-state index in [9.17, 15) is 4.79 Å². The van der Waals surface area contributed by atoms with E-state index in [4.69, 9.17) is 18.6 Å². The van der Waals surface area contributed by atoms with Gasteiger partial charge in [0.2, 0.25) is 5.91 Å². The zero-order chi connectivity index (χ0) is 37.2. The molecule has 1 heterocycles. The van der Waals surface area contributed by atoms with E-state index in [0.29, 0.717) is 42.6 Å². The predicted molar refractivity (Wildman–Crippen MR) is 217 cm³/mol. The zero-order valence-electron chi connectivity index (χ0n) is 31.2. The lowest BCUT2D eigenvalue weighted by atomic mass is 9.87. The molecule has 1 aliphatic heterocycles.